The number of aromatic nitrogens is 3. The quantitative estimate of drug-likeness (QED) is 0.501. The van der Waals surface area contributed by atoms with Crippen LogP contribution in [0.3, 0.4) is 0 Å². The fraction of sp³-hybridized carbons (Fsp3) is 0.261. The largest absolute Gasteiger partial charge is 0.353 e. The van der Waals surface area contributed by atoms with Gasteiger partial charge in [0.1, 0.15) is 10.6 Å². The Morgan fingerprint density at radius 2 is 1.72 bits per heavy atom. The maximum Gasteiger partial charge on any atom is 0.164 e. The van der Waals surface area contributed by atoms with Crippen LogP contribution >= 0.6 is 11.3 Å². The third kappa shape index (κ3) is 3.61. The van der Waals surface area contributed by atoms with Crippen LogP contribution in [0.25, 0.3) is 32.0 Å². The van der Waals surface area contributed by atoms with Gasteiger partial charge in [0.15, 0.2) is 5.82 Å². The molecule has 0 spiro atoms. The molecule has 1 aliphatic heterocycles. The number of rotatable bonds is 4. The Morgan fingerprint density at radius 3 is 2.45 bits per heavy atom. The van der Waals surface area contributed by atoms with E-state index < -0.39 is 0 Å². The second-order valence-corrected chi connectivity index (χ2v) is 8.26. The van der Waals surface area contributed by atoms with Crippen LogP contribution in [-0.4, -0.2) is 52.6 Å². The number of benzene rings is 1. The number of anilines is 1. The number of hydrogen-bond donors (Lipinski definition) is 0. The summed E-state index contributed by atoms with van der Waals surface area (Å²) in [7, 11) is 0. The molecule has 1 saturated heterocycles. The van der Waals surface area contributed by atoms with Crippen molar-refractivity contribution in [2.75, 3.05) is 37.6 Å². The van der Waals surface area contributed by atoms with Crippen LogP contribution in [0.2, 0.25) is 0 Å². The van der Waals surface area contributed by atoms with E-state index in [0.717, 1.165) is 60.1 Å². The second kappa shape index (κ2) is 7.89. The van der Waals surface area contributed by atoms with Crippen LogP contribution in [0, 0.1) is 0 Å². The minimum atomic E-state index is 0.750. The molecular formula is C23H23N5S. The Balaban J connectivity index is 1.63. The molecule has 0 unspecified atom stereocenters. The molecule has 4 aromatic rings. The predicted molar refractivity (Wildman–Crippen MR) is 120 cm³/mol. The summed E-state index contributed by atoms with van der Waals surface area (Å²) in [6.45, 7) is 7.44. The number of nitrogens with zero attached hydrogens (tertiary/aromatic N) is 5. The molecular weight excluding hydrogens is 378 g/mol. The SMILES string of the molecule is CCN1CCN(c2nc(-c3cccnc3)nc3sc(-c4ccccc4)cc23)CC1. The third-order valence-corrected chi connectivity index (χ3v) is 6.55. The van der Waals surface area contributed by atoms with Crippen molar-refractivity contribution in [1.29, 1.82) is 0 Å². The summed E-state index contributed by atoms with van der Waals surface area (Å²) < 4.78 is 0. The molecule has 6 heteroatoms. The highest BCUT2D eigenvalue weighted by Gasteiger charge is 2.22. The van der Waals surface area contributed by atoms with E-state index in [1.54, 1.807) is 17.5 Å². The van der Waals surface area contributed by atoms with Crippen LogP contribution in [0.5, 0.6) is 0 Å². The molecule has 29 heavy (non-hydrogen) atoms. The molecule has 0 bridgehead atoms. The average Bonchev–Trinajstić information content (AvgIpc) is 3.24. The van der Waals surface area contributed by atoms with Crippen molar-refractivity contribution in [3.05, 3.63) is 60.9 Å². The third-order valence-electron chi connectivity index (χ3n) is 5.47. The average molecular weight is 402 g/mol. The Morgan fingerprint density at radius 1 is 0.931 bits per heavy atom. The Hall–Kier alpha value is -2.83. The number of piperazine rings is 1. The smallest absolute Gasteiger partial charge is 0.164 e. The van der Waals surface area contributed by atoms with Crippen molar-refractivity contribution >= 4 is 27.4 Å². The number of thiophene rings is 1. The molecule has 3 aromatic heterocycles. The van der Waals surface area contributed by atoms with E-state index in [9.17, 15) is 0 Å². The molecule has 5 nitrogen and oxygen atoms in total. The number of likely N-dealkylation sites (N-methyl/N-ethyl adjacent to an activating group) is 1. The fourth-order valence-electron chi connectivity index (χ4n) is 3.79. The standard InChI is InChI=1S/C23H23N5S/c1-2-27-11-13-28(14-12-27)22-19-15-20(17-7-4-3-5-8-17)29-23(19)26-21(25-22)18-9-6-10-24-16-18/h3-10,15-16H,2,11-14H2,1H3. The first-order valence-electron chi connectivity index (χ1n) is 10.1. The summed E-state index contributed by atoms with van der Waals surface area (Å²) >= 11 is 1.73. The zero-order valence-corrected chi connectivity index (χ0v) is 17.3. The van der Waals surface area contributed by atoms with Gasteiger partial charge in [0.2, 0.25) is 0 Å². The molecule has 0 aliphatic carbocycles. The molecule has 5 rings (SSSR count). The second-order valence-electron chi connectivity index (χ2n) is 7.23. The lowest BCUT2D eigenvalue weighted by molar-refractivity contribution is 0.271. The summed E-state index contributed by atoms with van der Waals surface area (Å²) in [6.07, 6.45) is 3.62. The van der Waals surface area contributed by atoms with Crippen molar-refractivity contribution in [3.63, 3.8) is 0 Å². The van der Waals surface area contributed by atoms with E-state index in [1.165, 1.54) is 10.4 Å². The summed E-state index contributed by atoms with van der Waals surface area (Å²) in [5.74, 6) is 1.79. The molecule has 4 heterocycles. The molecule has 0 N–H and O–H groups in total. The van der Waals surface area contributed by atoms with Crippen molar-refractivity contribution < 1.29 is 0 Å². The molecule has 0 radical (unpaired) electrons. The molecule has 0 saturated carbocycles. The van der Waals surface area contributed by atoms with Crippen LogP contribution in [0.1, 0.15) is 6.92 Å². The van der Waals surface area contributed by atoms with Gasteiger partial charge in [-0.1, -0.05) is 37.3 Å². The van der Waals surface area contributed by atoms with E-state index in [4.69, 9.17) is 9.97 Å². The van der Waals surface area contributed by atoms with Gasteiger partial charge in [0, 0.05) is 49.0 Å². The van der Waals surface area contributed by atoms with Crippen molar-refractivity contribution in [2.45, 2.75) is 6.92 Å². The minimum Gasteiger partial charge on any atom is -0.353 e. The lowest BCUT2D eigenvalue weighted by atomic mass is 10.1. The predicted octanol–water partition coefficient (Wildman–Crippen LogP) is 4.56. The van der Waals surface area contributed by atoms with Gasteiger partial charge in [-0.2, -0.15) is 0 Å². The first kappa shape index (κ1) is 18.2. The number of hydrogen-bond acceptors (Lipinski definition) is 6. The summed E-state index contributed by atoms with van der Waals surface area (Å²) in [5.41, 5.74) is 2.18. The van der Waals surface area contributed by atoms with Crippen LogP contribution in [-0.2, 0) is 0 Å². The van der Waals surface area contributed by atoms with Crippen LogP contribution in [0.15, 0.2) is 60.9 Å². The Labute approximate surface area is 174 Å². The van der Waals surface area contributed by atoms with Gasteiger partial charge in [0.05, 0.1) is 5.39 Å². The molecule has 1 aliphatic rings. The van der Waals surface area contributed by atoms with Gasteiger partial charge in [-0.15, -0.1) is 11.3 Å². The number of fused-ring (bicyclic) bond motifs is 1. The highest BCUT2D eigenvalue weighted by Crippen LogP contribution is 2.38. The van der Waals surface area contributed by atoms with E-state index >= 15 is 0 Å². The van der Waals surface area contributed by atoms with Crippen molar-refractivity contribution in [1.82, 2.24) is 19.9 Å². The lowest BCUT2D eigenvalue weighted by Crippen LogP contribution is -2.46. The first-order chi connectivity index (χ1) is 14.3. The highest BCUT2D eigenvalue weighted by molar-refractivity contribution is 7.22. The molecule has 1 fully saturated rings. The molecule has 0 atom stereocenters. The van der Waals surface area contributed by atoms with E-state index in [-0.39, 0.29) is 0 Å². The Kier molecular flexibility index (Phi) is 4.96. The van der Waals surface area contributed by atoms with Gasteiger partial charge in [-0.3, -0.25) is 4.98 Å². The summed E-state index contributed by atoms with van der Waals surface area (Å²) in [6, 6.07) is 16.7. The van der Waals surface area contributed by atoms with Gasteiger partial charge >= 0.3 is 0 Å². The van der Waals surface area contributed by atoms with Crippen molar-refractivity contribution in [2.24, 2.45) is 0 Å². The molecule has 0 amide bonds. The summed E-state index contributed by atoms with van der Waals surface area (Å²) in [5, 5.41) is 1.14. The van der Waals surface area contributed by atoms with Gasteiger partial charge in [-0.05, 0) is 30.3 Å². The van der Waals surface area contributed by atoms with Crippen LogP contribution in [0.4, 0.5) is 5.82 Å². The number of pyridine rings is 1. The minimum absolute atomic E-state index is 0.750. The zero-order chi connectivity index (χ0) is 19.6. The van der Waals surface area contributed by atoms with Gasteiger partial charge < -0.3 is 9.80 Å². The zero-order valence-electron chi connectivity index (χ0n) is 16.5. The van der Waals surface area contributed by atoms with Gasteiger partial charge in [0.25, 0.3) is 0 Å². The highest BCUT2D eigenvalue weighted by atomic mass is 32.1. The summed E-state index contributed by atoms with van der Waals surface area (Å²) in [4.78, 5) is 21.3. The topological polar surface area (TPSA) is 45.2 Å². The maximum absolute atomic E-state index is 5.02. The maximum atomic E-state index is 5.02. The monoisotopic (exact) mass is 401 g/mol. The Bertz CT molecular complexity index is 1100. The first-order valence-corrected chi connectivity index (χ1v) is 10.9. The molecule has 1 aromatic carbocycles. The van der Waals surface area contributed by atoms with E-state index in [0.29, 0.717) is 0 Å². The van der Waals surface area contributed by atoms with Gasteiger partial charge in [-0.25, -0.2) is 9.97 Å². The van der Waals surface area contributed by atoms with Crippen molar-refractivity contribution in [3.8, 4) is 21.8 Å². The lowest BCUT2D eigenvalue weighted by Gasteiger charge is -2.35. The fourth-order valence-corrected chi connectivity index (χ4v) is 4.82. The van der Waals surface area contributed by atoms with E-state index in [1.807, 2.05) is 18.3 Å². The van der Waals surface area contributed by atoms with E-state index in [2.05, 4.69) is 58.1 Å². The van der Waals surface area contributed by atoms with Crippen LogP contribution < -0.4 is 4.90 Å². The normalized spacial score (nSPS) is 15.1. The molecule has 146 valence electrons.